The first-order valence-electron chi connectivity index (χ1n) is 4.88. The van der Waals surface area contributed by atoms with Crippen molar-refractivity contribution < 1.29 is 14.6 Å². The summed E-state index contributed by atoms with van der Waals surface area (Å²) in [6.07, 6.45) is 2.99. The molecule has 0 unspecified atom stereocenters. The Labute approximate surface area is 116 Å². The third-order valence-electron chi connectivity index (χ3n) is 2.13. The fraction of sp³-hybridized carbons (Fsp3) is 0. The van der Waals surface area contributed by atoms with Crippen LogP contribution in [0.3, 0.4) is 0 Å². The Kier molecular flexibility index (Phi) is 3.84. The van der Waals surface area contributed by atoms with Gasteiger partial charge in [0.1, 0.15) is 16.5 Å². The summed E-state index contributed by atoms with van der Waals surface area (Å²) in [5.74, 6) is -0.230. The minimum absolute atomic E-state index is 0.137. The maximum atomic E-state index is 10.9. The van der Waals surface area contributed by atoms with Crippen LogP contribution in [-0.2, 0) is 0 Å². The molecule has 0 saturated heterocycles. The summed E-state index contributed by atoms with van der Waals surface area (Å²) in [4.78, 5) is 14.7. The van der Waals surface area contributed by atoms with Crippen LogP contribution in [0.4, 0.5) is 0 Å². The zero-order chi connectivity index (χ0) is 13.1. The molecule has 1 heterocycles. The fourth-order valence-electron chi connectivity index (χ4n) is 1.28. The van der Waals surface area contributed by atoms with Gasteiger partial charge < -0.3 is 9.84 Å². The SMILES string of the molecule is O=C(O)c1ccc(Br)c(Oc2ccncc2Cl)c1. The Balaban J connectivity index is 2.37. The zero-order valence-electron chi connectivity index (χ0n) is 8.93. The number of hydrogen-bond acceptors (Lipinski definition) is 3. The number of benzene rings is 1. The van der Waals surface area contributed by atoms with Crippen LogP contribution in [0.25, 0.3) is 0 Å². The van der Waals surface area contributed by atoms with E-state index in [1.54, 1.807) is 12.1 Å². The van der Waals surface area contributed by atoms with Gasteiger partial charge in [0.25, 0.3) is 0 Å². The number of halogens is 2. The Bertz CT molecular complexity index is 604. The van der Waals surface area contributed by atoms with Gasteiger partial charge >= 0.3 is 5.97 Å². The normalized spacial score (nSPS) is 10.1. The zero-order valence-corrected chi connectivity index (χ0v) is 11.3. The molecule has 0 spiro atoms. The number of aromatic carboxylic acids is 1. The average Bonchev–Trinajstić information content (AvgIpc) is 2.34. The van der Waals surface area contributed by atoms with Crippen molar-refractivity contribution in [2.45, 2.75) is 0 Å². The van der Waals surface area contributed by atoms with Gasteiger partial charge in [0.2, 0.25) is 0 Å². The third-order valence-corrected chi connectivity index (χ3v) is 3.07. The van der Waals surface area contributed by atoms with E-state index in [2.05, 4.69) is 20.9 Å². The number of nitrogens with zero attached hydrogens (tertiary/aromatic N) is 1. The number of pyridine rings is 1. The van der Waals surface area contributed by atoms with E-state index < -0.39 is 5.97 Å². The van der Waals surface area contributed by atoms with Crippen molar-refractivity contribution in [3.05, 3.63) is 51.7 Å². The molecular weight excluding hydrogens is 321 g/mol. The monoisotopic (exact) mass is 327 g/mol. The van der Waals surface area contributed by atoms with Gasteiger partial charge in [-0.15, -0.1) is 0 Å². The molecule has 0 aliphatic heterocycles. The number of aromatic nitrogens is 1. The molecule has 4 nitrogen and oxygen atoms in total. The largest absolute Gasteiger partial charge is 0.478 e. The molecule has 0 bridgehead atoms. The van der Waals surface area contributed by atoms with Crippen LogP contribution < -0.4 is 4.74 Å². The molecule has 6 heteroatoms. The molecule has 0 amide bonds. The highest BCUT2D eigenvalue weighted by Crippen LogP contribution is 2.33. The first-order valence-corrected chi connectivity index (χ1v) is 6.05. The van der Waals surface area contributed by atoms with Crippen LogP contribution in [-0.4, -0.2) is 16.1 Å². The molecule has 1 aromatic carbocycles. The highest BCUT2D eigenvalue weighted by atomic mass is 79.9. The van der Waals surface area contributed by atoms with E-state index in [0.717, 1.165) is 0 Å². The topological polar surface area (TPSA) is 59.4 Å². The Morgan fingerprint density at radius 1 is 1.33 bits per heavy atom. The number of carboxylic acid groups (broad SMARTS) is 1. The highest BCUT2D eigenvalue weighted by molar-refractivity contribution is 9.10. The van der Waals surface area contributed by atoms with Crippen LogP contribution in [0, 0.1) is 0 Å². The van der Waals surface area contributed by atoms with Crippen LogP contribution in [0.1, 0.15) is 10.4 Å². The van der Waals surface area contributed by atoms with Crippen molar-refractivity contribution in [2.24, 2.45) is 0 Å². The van der Waals surface area contributed by atoms with E-state index in [1.165, 1.54) is 24.5 Å². The molecule has 0 radical (unpaired) electrons. The van der Waals surface area contributed by atoms with Crippen molar-refractivity contribution in [1.29, 1.82) is 0 Å². The van der Waals surface area contributed by atoms with Crippen molar-refractivity contribution in [3.63, 3.8) is 0 Å². The molecule has 1 N–H and O–H groups in total. The van der Waals surface area contributed by atoms with Crippen LogP contribution in [0.2, 0.25) is 5.02 Å². The summed E-state index contributed by atoms with van der Waals surface area (Å²) in [7, 11) is 0. The lowest BCUT2D eigenvalue weighted by Gasteiger charge is -2.09. The third kappa shape index (κ3) is 2.80. The lowest BCUT2D eigenvalue weighted by Crippen LogP contribution is -1.97. The van der Waals surface area contributed by atoms with Crippen LogP contribution in [0.5, 0.6) is 11.5 Å². The van der Waals surface area contributed by atoms with Gasteiger partial charge in [-0.1, -0.05) is 11.6 Å². The minimum Gasteiger partial charge on any atom is -0.478 e. The molecule has 18 heavy (non-hydrogen) atoms. The van der Waals surface area contributed by atoms with Gasteiger partial charge in [0.15, 0.2) is 0 Å². The molecule has 2 rings (SSSR count). The quantitative estimate of drug-likeness (QED) is 0.925. The second-order valence-electron chi connectivity index (χ2n) is 3.36. The van der Waals surface area contributed by atoms with Gasteiger partial charge in [-0.2, -0.15) is 0 Å². The summed E-state index contributed by atoms with van der Waals surface area (Å²) in [5.41, 5.74) is 0.137. The lowest BCUT2D eigenvalue weighted by molar-refractivity contribution is 0.0696. The van der Waals surface area contributed by atoms with E-state index in [4.69, 9.17) is 21.4 Å². The Hall–Kier alpha value is -1.59. The van der Waals surface area contributed by atoms with Crippen LogP contribution >= 0.6 is 27.5 Å². The standard InChI is InChI=1S/C12H7BrClNO3/c13-8-2-1-7(12(16)17)5-11(8)18-10-3-4-15-6-9(10)14/h1-6H,(H,16,17). The molecular formula is C12H7BrClNO3. The van der Waals surface area contributed by atoms with Crippen molar-refractivity contribution in [3.8, 4) is 11.5 Å². The Morgan fingerprint density at radius 2 is 2.11 bits per heavy atom. The lowest BCUT2D eigenvalue weighted by atomic mass is 10.2. The van der Waals surface area contributed by atoms with Crippen molar-refractivity contribution in [1.82, 2.24) is 4.98 Å². The summed E-state index contributed by atoms with van der Waals surface area (Å²) in [6.45, 7) is 0. The van der Waals surface area contributed by atoms with E-state index >= 15 is 0 Å². The molecule has 0 atom stereocenters. The average molecular weight is 329 g/mol. The van der Waals surface area contributed by atoms with E-state index in [-0.39, 0.29) is 5.56 Å². The van der Waals surface area contributed by atoms with E-state index in [9.17, 15) is 4.79 Å². The predicted octanol–water partition coefficient (Wildman–Crippen LogP) is 3.99. The first kappa shape index (κ1) is 12.9. The van der Waals surface area contributed by atoms with Gasteiger partial charge in [-0.3, -0.25) is 4.98 Å². The Morgan fingerprint density at radius 3 is 2.78 bits per heavy atom. The van der Waals surface area contributed by atoms with Gasteiger partial charge in [-0.25, -0.2) is 4.79 Å². The molecule has 1 aromatic heterocycles. The predicted molar refractivity (Wildman–Crippen MR) is 70.4 cm³/mol. The number of carbonyl (C=O) groups is 1. The molecule has 0 aliphatic carbocycles. The molecule has 0 saturated carbocycles. The van der Waals surface area contributed by atoms with E-state index in [0.29, 0.717) is 21.0 Å². The van der Waals surface area contributed by atoms with Crippen LogP contribution in [0.15, 0.2) is 41.1 Å². The number of hydrogen-bond donors (Lipinski definition) is 1. The second kappa shape index (κ2) is 5.37. The summed E-state index contributed by atoms with van der Waals surface area (Å²) in [6, 6.07) is 6.10. The molecule has 2 aromatic rings. The first-order chi connectivity index (χ1) is 8.58. The van der Waals surface area contributed by atoms with Crippen molar-refractivity contribution >= 4 is 33.5 Å². The molecule has 0 aliphatic rings. The minimum atomic E-state index is -1.02. The number of carboxylic acids is 1. The number of rotatable bonds is 3. The summed E-state index contributed by atoms with van der Waals surface area (Å²) < 4.78 is 6.19. The van der Waals surface area contributed by atoms with Crippen molar-refractivity contribution in [2.75, 3.05) is 0 Å². The fourth-order valence-corrected chi connectivity index (χ4v) is 1.76. The molecule has 92 valence electrons. The summed E-state index contributed by atoms with van der Waals surface area (Å²) in [5, 5.41) is 9.27. The number of ether oxygens (including phenoxy) is 1. The van der Waals surface area contributed by atoms with Gasteiger partial charge in [0, 0.05) is 18.5 Å². The maximum absolute atomic E-state index is 10.9. The second-order valence-corrected chi connectivity index (χ2v) is 4.62. The molecule has 0 fully saturated rings. The van der Waals surface area contributed by atoms with Gasteiger partial charge in [0.05, 0.1) is 10.0 Å². The smallest absolute Gasteiger partial charge is 0.335 e. The van der Waals surface area contributed by atoms with Gasteiger partial charge in [-0.05, 0) is 34.1 Å². The highest BCUT2D eigenvalue weighted by Gasteiger charge is 2.10. The maximum Gasteiger partial charge on any atom is 0.335 e. The summed E-state index contributed by atoms with van der Waals surface area (Å²) >= 11 is 9.19. The van der Waals surface area contributed by atoms with E-state index in [1.807, 2.05) is 0 Å².